The molecule has 0 heterocycles. The number of hydrogen-bond acceptors (Lipinski definition) is 6. The lowest BCUT2D eigenvalue weighted by molar-refractivity contribution is 0.191. The molecule has 0 radical (unpaired) electrons. The summed E-state index contributed by atoms with van der Waals surface area (Å²) in [7, 11) is -4.76. The monoisotopic (exact) mass is 298 g/mol. The summed E-state index contributed by atoms with van der Waals surface area (Å²) in [5, 5.41) is 0. The summed E-state index contributed by atoms with van der Waals surface area (Å²) in [5.41, 5.74) is 0. The first-order valence-corrected chi connectivity index (χ1v) is 8.82. The lowest BCUT2D eigenvalue weighted by Crippen LogP contribution is -2.42. The largest absolute Gasteiger partial charge is 0.383 e. The Labute approximate surface area is 108 Å². The molecule has 0 aromatic heterocycles. The second kappa shape index (κ2) is 4.16. The van der Waals surface area contributed by atoms with Crippen molar-refractivity contribution in [3.8, 4) is 0 Å². The zero-order valence-corrected chi connectivity index (χ0v) is 12.1. The molecule has 0 amide bonds. The molecule has 0 spiro atoms. The molecule has 0 aliphatic heterocycles. The Hall–Kier alpha value is -0.180. The molecule has 0 saturated heterocycles. The Morgan fingerprint density at radius 3 is 1.78 bits per heavy atom. The van der Waals surface area contributed by atoms with Gasteiger partial charge in [0.1, 0.15) is 0 Å². The normalized spacial score (nSPS) is 24.8. The van der Waals surface area contributed by atoms with Crippen LogP contribution in [-0.4, -0.2) is 52.9 Å². The highest BCUT2D eigenvalue weighted by Crippen LogP contribution is 2.56. The van der Waals surface area contributed by atoms with Crippen LogP contribution in [0, 0.1) is 0 Å². The lowest BCUT2D eigenvalue weighted by Gasteiger charge is -2.22. The Balaban J connectivity index is 2.26. The maximum Gasteiger partial charge on any atom is 0.268 e. The van der Waals surface area contributed by atoms with Gasteiger partial charge in [0.2, 0.25) is 0 Å². The third-order valence-corrected chi connectivity index (χ3v) is 8.81. The predicted molar refractivity (Wildman–Crippen MR) is 65.5 cm³/mol. The molecule has 18 heavy (non-hydrogen) atoms. The highest BCUT2D eigenvalue weighted by atomic mass is 32.2. The molecular formula is C10H18O6S2. The Morgan fingerprint density at radius 2 is 1.44 bits per heavy atom. The van der Waals surface area contributed by atoms with Gasteiger partial charge in [-0.1, -0.05) is 0 Å². The molecule has 0 atom stereocenters. The van der Waals surface area contributed by atoms with Crippen molar-refractivity contribution in [2.45, 2.75) is 35.2 Å². The Bertz CT molecular complexity index is 525. The van der Waals surface area contributed by atoms with E-state index in [9.17, 15) is 16.8 Å². The average Bonchev–Trinajstić information content (AvgIpc) is 3.14. The van der Waals surface area contributed by atoms with Gasteiger partial charge in [-0.2, -0.15) is 8.42 Å². The van der Waals surface area contributed by atoms with Crippen LogP contribution in [0.15, 0.2) is 0 Å². The first-order chi connectivity index (χ1) is 8.24. The van der Waals surface area contributed by atoms with Gasteiger partial charge in [-0.3, -0.25) is 4.18 Å². The quantitative estimate of drug-likeness (QED) is 0.619. The number of ether oxygens (including phenoxy) is 1. The van der Waals surface area contributed by atoms with Gasteiger partial charge in [-0.05, 0) is 25.7 Å². The SMILES string of the molecule is COCC1(S(=O)(=O)C2(CS(=O)(=O)OC)CC2)CC1. The summed E-state index contributed by atoms with van der Waals surface area (Å²) >= 11 is 0. The average molecular weight is 298 g/mol. The van der Waals surface area contributed by atoms with E-state index in [0.29, 0.717) is 25.7 Å². The molecule has 2 aliphatic carbocycles. The minimum atomic E-state index is -3.77. The van der Waals surface area contributed by atoms with Crippen molar-refractivity contribution in [2.24, 2.45) is 0 Å². The first kappa shape index (κ1) is 14.2. The van der Waals surface area contributed by atoms with E-state index in [0.717, 1.165) is 7.11 Å². The summed E-state index contributed by atoms with van der Waals surface area (Å²) < 4.78 is 55.5. The van der Waals surface area contributed by atoms with Crippen molar-refractivity contribution in [3.05, 3.63) is 0 Å². The smallest absolute Gasteiger partial charge is 0.268 e. The fourth-order valence-corrected chi connectivity index (χ4v) is 6.94. The highest BCUT2D eigenvalue weighted by Gasteiger charge is 2.68. The van der Waals surface area contributed by atoms with Crippen molar-refractivity contribution in [2.75, 3.05) is 26.6 Å². The van der Waals surface area contributed by atoms with Crippen LogP contribution in [0.4, 0.5) is 0 Å². The minimum Gasteiger partial charge on any atom is -0.383 e. The van der Waals surface area contributed by atoms with Crippen LogP contribution < -0.4 is 0 Å². The Kier molecular flexibility index (Phi) is 3.29. The zero-order valence-electron chi connectivity index (χ0n) is 10.5. The second-order valence-corrected chi connectivity index (χ2v) is 9.65. The highest BCUT2D eigenvalue weighted by molar-refractivity contribution is 7.96. The summed E-state index contributed by atoms with van der Waals surface area (Å²) in [4.78, 5) is 0. The number of sulfone groups is 1. The Morgan fingerprint density at radius 1 is 0.944 bits per heavy atom. The van der Waals surface area contributed by atoms with Crippen LogP contribution in [0.25, 0.3) is 0 Å². The fourth-order valence-electron chi connectivity index (χ4n) is 2.36. The van der Waals surface area contributed by atoms with Crippen molar-refractivity contribution < 1.29 is 25.8 Å². The molecular weight excluding hydrogens is 280 g/mol. The number of hydrogen-bond donors (Lipinski definition) is 0. The number of rotatable bonds is 7. The summed E-state index contributed by atoms with van der Waals surface area (Å²) in [5.74, 6) is -0.440. The van der Waals surface area contributed by atoms with Gasteiger partial charge in [0.25, 0.3) is 10.1 Å². The third kappa shape index (κ3) is 2.09. The summed E-state index contributed by atoms with van der Waals surface area (Å²) in [6, 6.07) is 0. The van der Waals surface area contributed by atoms with E-state index in [1.54, 1.807) is 0 Å². The van der Waals surface area contributed by atoms with Crippen LogP contribution in [-0.2, 0) is 28.9 Å². The van der Waals surface area contributed by atoms with Crippen molar-refractivity contribution in [3.63, 3.8) is 0 Å². The van der Waals surface area contributed by atoms with Crippen LogP contribution in [0.3, 0.4) is 0 Å². The molecule has 2 fully saturated rings. The number of methoxy groups -OCH3 is 1. The second-order valence-electron chi connectivity index (χ2n) is 5.17. The van der Waals surface area contributed by atoms with Gasteiger partial charge in [0, 0.05) is 7.11 Å². The summed E-state index contributed by atoms with van der Waals surface area (Å²) in [6.45, 7) is 0.143. The van der Waals surface area contributed by atoms with Crippen LogP contribution >= 0.6 is 0 Å². The van der Waals surface area contributed by atoms with Crippen molar-refractivity contribution >= 4 is 20.0 Å². The molecule has 106 valence electrons. The van der Waals surface area contributed by atoms with E-state index in [-0.39, 0.29) is 6.61 Å². The van der Waals surface area contributed by atoms with Gasteiger partial charge >= 0.3 is 0 Å². The summed E-state index contributed by atoms with van der Waals surface area (Å²) in [6.07, 6.45) is 1.89. The van der Waals surface area contributed by atoms with E-state index in [1.165, 1.54) is 7.11 Å². The van der Waals surface area contributed by atoms with Crippen molar-refractivity contribution in [1.82, 2.24) is 0 Å². The molecule has 6 nitrogen and oxygen atoms in total. The molecule has 0 unspecified atom stereocenters. The van der Waals surface area contributed by atoms with Crippen LogP contribution in [0.5, 0.6) is 0 Å². The van der Waals surface area contributed by atoms with E-state index in [1.807, 2.05) is 0 Å². The van der Waals surface area contributed by atoms with Gasteiger partial charge < -0.3 is 4.74 Å². The van der Waals surface area contributed by atoms with Gasteiger partial charge in [-0.15, -0.1) is 0 Å². The lowest BCUT2D eigenvalue weighted by atomic mass is 10.4. The maximum absolute atomic E-state index is 12.6. The van der Waals surface area contributed by atoms with E-state index < -0.39 is 35.2 Å². The topological polar surface area (TPSA) is 86.7 Å². The third-order valence-electron chi connectivity index (χ3n) is 3.86. The van der Waals surface area contributed by atoms with Gasteiger partial charge in [0.15, 0.2) is 9.84 Å². The molecule has 2 saturated carbocycles. The standard InChI is InChI=1S/C10H18O6S2/c1-15-7-9(3-4-9)18(13,14)10(5-6-10)8-17(11,12)16-2/h3-8H2,1-2H3. The molecule has 2 rings (SSSR count). The fraction of sp³-hybridized carbons (Fsp3) is 1.00. The van der Waals surface area contributed by atoms with E-state index in [4.69, 9.17) is 4.74 Å². The molecule has 2 aliphatic rings. The van der Waals surface area contributed by atoms with Crippen molar-refractivity contribution in [1.29, 1.82) is 0 Å². The predicted octanol–water partition coefficient (Wildman–Crippen LogP) is 0.0890. The van der Waals surface area contributed by atoms with Gasteiger partial charge in [0.05, 0.1) is 29.0 Å². The molecule has 0 aromatic rings. The first-order valence-electron chi connectivity index (χ1n) is 5.76. The molecule has 8 heteroatoms. The zero-order chi connectivity index (χ0) is 13.7. The molecule has 0 N–H and O–H groups in total. The maximum atomic E-state index is 12.6. The molecule has 0 bridgehead atoms. The molecule has 0 aromatic carbocycles. The van der Waals surface area contributed by atoms with E-state index >= 15 is 0 Å². The van der Waals surface area contributed by atoms with Gasteiger partial charge in [-0.25, -0.2) is 8.42 Å². The minimum absolute atomic E-state index is 0.143. The van der Waals surface area contributed by atoms with Crippen LogP contribution in [0.1, 0.15) is 25.7 Å². The van der Waals surface area contributed by atoms with Crippen LogP contribution in [0.2, 0.25) is 0 Å². The van der Waals surface area contributed by atoms with E-state index in [2.05, 4.69) is 4.18 Å².